The van der Waals surface area contributed by atoms with Gasteiger partial charge in [0.15, 0.2) is 0 Å². The number of nitrogens with zero attached hydrogens (tertiary/aromatic N) is 1. The summed E-state index contributed by atoms with van der Waals surface area (Å²) in [6.07, 6.45) is 5.73. The quantitative estimate of drug-likeness (QED) is 0.702. The van der Waals surface area contributed by atoms with Gasteiger partial charge in [-0.1, -0.05) is 30.3 Å². The largest absolute Gasteiger partial charge is 0.348 e. The number of halogens is 1. The standard InChI is InChI=1S/C21H25BrN2O3S/c1-15(17-12-11-16-7-3-4-8-18(16)13-17)23-21(25)14-24(28(2,26)27)20-10-6-5-9-19(20)22/h5-6,9-13,15H,3-4,7-8,14H2,1-2H3,(H,23,25)/t15-/m0/s1. The van der Waals surface area contributed by atoms with E-state index in [4.69, 9.17) is 0 Å². The zero-order chi connectivity index (χ0) is 20.3. The number of fused-ring (bicyclic) bond motifs is 1. The maximum absolute atomic E-state index is 12.6. The third-order valence-corrected chi connectivity index (χ3v) is 6.86. The smallest absolute Gasteiger partial charge is 0.241 e. The molecular weight excluding hydrogens is 440 g/mol. The van der Waals surface area contributed by atoms with E-state index in [0.29, 0.717) is 10.2 Å². The summed E-state index contributed by atoms with van der Waals surface area (Å²) in [6.45, 7) is 1.66. The number of carbonyl (C=O) groups is 1. The third-order valence-electron chi connectivity index (χ3n) is 5.06. The third kappa shape index (κ3) is 4.94. The first-order chi connectivity index (χ1) is 13.3. The molecule has 0 spiro atoms. The van der Waals surface area contributed by atoms with Gasteiger partial charge in [0, 0.05) is 4.47 Å². The molecule has 0 saturated carbocycles. The van der Waals surface area contributed by atoms with Gasteiger partial charge in [0.2, 0.25) is 15.9 Å². The van der Waals surface area contributed by atoms with Gasteiger partial charge in [0.1, 0.15) is 6.54 Å². The Balaban J connectivity index is 1.73. The molecule has 0 radical (unpaired) electrons. The number of nitrogens with one attached hydrogen (secondary N) is 1. The number of aryl methyl sites for hydroxylation is 2. The van der Waals surface area contributed by atoms with Gasteiger partial charge in [-0.3, -0.25) is 9.10 Å². The van der Waals surface area contributed by atoms with E-state index in [2.05, 4.69) is 39.4 Å². The predicted octanol–water partition coefficient (Wildman–Crippen LogP) is 3.97. The Bertz CT molecular complexity index is 975. The molecule has 1 aliphatic rings. The van der Waals surface area contributed by atoms with E-state index in [1.807, 2.05) is 6.92 Å². The van der Waals surface area contributed by atoms with Crippen molar-refractivity contribution < 1.29 is 13.2 Å². The fourth-order valence-electron chi connectivity index (χ4n) is 3.56. The fraction of sp³-hybridized carbons (Fsp3) is 0.381. The van der Waals surface area contributed by atoms with E-state index < -0.39 is 10.0 Å². The van der Waals surface area contributed by atoms with Crippen LogP contribution >= 0.6 is 15.9 Å². The van der Waals surface area contributed by atoms with Crippen molar-refractivity contribution >= 4 is 37.5 Å². The number of anilines is 1. The number of hydrogen-bond donors (Lipinski definition) is 1. The van der Waals surface area contributed by atoms with Gasteiger partial charge < -0.3 is 5.32 Å². The number of sulfonamides is 1. The Kier molecular flexibility index (Phi) is 6.45. The molecule has 28 heavy (non-hydrogen) atoms. The van der Waals surface area contributed by atoms with Gasteiger partial charge in [-0.15, -0.1) is 0 Å². The van der Waals surface area contributed by atoms with Crippen molar-refractivity contribution in [3.8, 4) is 0 Å². The molecule has 0 fully saturated rings. The molecule has 0 unspecified atom stereocenters. The van der Waals surface area contributed by atoms with E-state index >= 15 is 0 Å². The molecule has 5 nitrogen and oxygen atoms in total. The summed E-state index contributed by atoms with van der Waals surface area (Å²) in [5, 5.41) is 2.93. The highest BCUT2D eigenvalue weighted by Crippen LogP contribution is 2.28. The lowest BCUT2D eigenvalue weighted by molar-refractivity contribution is -0.120. The molecule has 7 heteroatoms. The van der Waals surface area contributed by atoms with Crippen molar-refractivity contribution in [3.05, 3.63) is 63.6 Å². The molecule has 0 saturated heterocycles. The fourth-order valence-corrected chi connectivity index (χ4v) is 5.04. The van der Waals surface area contributed by atoms with Crippen LogP contribution in [0.15, 0.2) is 46.9 Å². The highest BCUT2D eigenvalue weighted by Gasteiger charge is 2.23. The Labute approximate surface area is 175 Å². The number of rotatable bonds is 6. The second-order valence-electron chi connectivity index (χ2n) is 7.25. The second-order valence-corrected chi connectivity index (χ2v) is 10.0. The number of benzene rings is 2. The highest BCUT2D eigenvalue weighted by molar-refractivity contribution is 9.10. The normalized spacial score (nSPS) is 14.8. The van der Waals surface area contributed by atoms with Crippen LogP contribution in [0.3, 0.4) is 0 Å². The Morgan fingerprint density at radius 1 is 1.14 bits per heavy atom. The summed E-state index contributed by atoms with van der Waals surface area (Å²) in [5.74, 6) is -0.341. The van der Waals surface area contributed by atoms with Crippen LogP contribution in [-0.2, 0) is 27.7 Å². The van der Waals surface area contributed by atoms with Gasteiger partial charge in [-0.2, -0.15) is 0 Å². The van der Waals surface area contributed by atoms with E-state index in [1.54, 1.807) is 24.3 Å². The Morgan fingerprint density at radius 3 is 2.50 bits per heavy atom. The first-order valence-corrected chi connectivity index (χ1v) is 12.0. The molecule has 1 N–H and O–H groups in total. The summed E-state index contributed by atoms with van der Waals surface area (Å²) < 4.78 is 26.3. The molecule has 2 aromatic rings. The van der Waals surface area contributed by atoms with Crippen molar-refractivity contribution in [2.45, 2.75) is 38.6 Å². The second kappa shape index (κ2) is 8.66. The average molecular weight is 465 g/mol. The molecule has 150 valence electrons. The average Bonchev–Trinajstić information content (AvgIpc) is 2.65. The zero-order valence-electron chi connectivity index (χ0n) is 16.1. The maximum Gasteiger partial charge on any atom is 0.241 e. The van der Waals surface area contributed by atoms with Crippen LogP contribution in [0, 0.1) is 0 Å². The molecule has 1 atom stereocenters. The van der Waals surface area contributed by atoms with Crippen LogP contribution in [0.25, 0.3) is 0 Å². The first-order valence-electron chi connectivity index (χ1n) is 9.39. The van der Waals surface area contributed by atoms with Gasteiger partial charge in [0.05, 0.1) is 18.0 Å². The van der Waals surface area contributed by atoms with Gasteiger partial charge >= 0.3 is 0 Å². The topological polar surface area (TPSA) is 66.5 Å². The van der Waals surface area contributed by atoms with Crippen LogP contribution < -0.4 is 9.62 Å². The van der Waals surface area contributed by atoms with Crippen molar-refractivity contribution in [3.63, 3.8) is 0 Å². The molecule has 3 rings (SSSR count). The zero-order valence-corrected chi connectivity index (χ0v) is 18.5. The molecule has 1 aliphatic carbocycles. The molecule has 0 aromatic heterocycles. The number of carbonyl (C=O) groups excluding carboxylic acids is 1. The van der Waals surface area contributed by atoms with Crippen molar-refractivity contribution in [1.29, 1.82) is 0 Å². The van der Waals surface area contributed by atoms with Gasteiger partial charge in [-0.25, -0.2) is 8.42 Å². The summed E-state index contributed by atoms with van der Waals surface area (Å²) in [4.78, 5) is 12.6. The summed E-state index contributed by atoms with van der Waals surface area (Å²) in [5.41, 5.74) is 4.24. The van der Waals surface area contributed by atoms with Crippen LogP contribution in [0.5, 0.6) is 0 Å². The minimum Gasteiger partial charge on any atom is -0.348 e. The molecule has 0 bridgehead atoms. The maximum atomic E-state index is 12.6. The summed E-state index contributed by atoms with van der Waals surface area (Å²) in [6, 6.07) is 13.1. The molecule has 0 heterocycles. The SMILES string of the molecule is C[C@H](NC(=O)CN(c1ccccc1Br)S(C)(=O)=O)c1ccc2c(c1)CCCC2. The minimum atomic E-state index is -3.61. The highest BCUT2D eigenvalue weighted by atomic mass is 79.9. The van der Waals surface area contributed by atoms with Crippen LogP contribution in [0.1, 0.15) is 42.5 Å². The van der Waals surface area contributed by atoms with Crippen LogP contribution in [0.4, 0.5) is 5.69 Å². The number of para-hydroxylation sites is 1. The first kappa shape index (κ1) is 20.9. The van der Waals surface area contributed by atoms with Crippen LogP contribution in [0.2, 0.25) is 0 Å². The Morgan fingerprint density at radius 2 is 1.82 bits per heavy atom. The molecule has 2 aromatic carbocycles. The summed E-state index contributed by atoms with van der Waals surface area (Å²) >= 11 is 3.36. The minimum absolute atomic E-state index is 0.194. The molecular formula is C21H25BrN2O3S. The Hall–Kier alpha value is -1.86. The molecule has 1 amide bonds. The lowest BCUT2D eigenvalue weighted by atomic mass is 9.89. The number of amides is 1. The molecule has 0 aliphatic heterocycles. The van der Waals surface area contributed by atoms with E-state index in [1.165, 1.54) is 24.0 Å². The van der Waals surface area contributed by atoms with Crippen molar-refractivity contribution in [1.82, 2.24) is 5.32 Å². The van der Waals surface area contributed by atoms with E-state index in [9.17, 15) is 13.2 Å². The van der Waals surface area contributed by atoms with Gasteiger partial charge in [0.25, 0.3) is 0 Å². The predicted molar refractivity (Wildman–Crippen MR) is 116 cm³/mol. The van der Waals surface area contributed by atoms with E-state index in [0.717, 1.165) is 29.0 Å². The van der Waals surface area contributed by atoms with Crippen LogP contribution in [-0.4, -0.2) is 27.1 Å². The summed E-state index contributed by atoms with van der Waals surface area (Å²) in [7, 11) is -3.61. The van der Waals surface area contributed by atoms with Crippen molar-refractivity contribution in [2.75, 3.05) is 17.1 Å². The van der Waals surface area contributed by atoms with Gasteiger partial charge in [-0.05, 0) is 77.4 Å². The van der Waals surface area contributed by atoms with Crippen molar-refractivity contribution in [2.24, 2.45) is 0 Å². The van der Waals surface area contributed by atoms with E-state index in [-0.39, 0.29) is 18.5 Å². The lowest BCUT2D eigenvalue weighted by Crippen LogP contribution is -2.41. The lowest BCUT2D eigenvalue weighted by Gasteiger charge is -2.24. The monoisotopic (exact) mass is 464 g/mol. The number of hydrogen-bond acceptors (Lipinski definition) is 3.